The number of guanidine groups is 1. The van der Waals surface area contributed by atoms with Crippen LogP contribution in [-0.2, 0) is 6.54 Å². The molecule has 5 nitrogen and oxygen atoms in total. The molecule has 1 unspecified atom stereocenters. The van der Waals surface area contributed by atoms with Crippen molar-refractivity contribution in [2.45, 2.75) is 25.8 Å². The summed E-state index contributed by atoms with van der Waals surface area (Å²) in [7, 11) is 1.84. The van der Waals surface area contributed by atoms with E-state index in [2.05, 4.69) is 50.5 Å². The van der Waals surface area contributed by atoms with E-state index < -0.39 is 0 Å². The second-order valence-electron chi connectivity index (χ2n) is 6.18. The first-order chi connectivity index (χ1) is 12.3. The number of aromatic nitrogens is 1. The van der Waals surface area contributed by atoms with E-state index in [0.29, 0.717) is 24.9 Å². The van der Waals surface area contributed by atoms with Crippen molar-refractivity contribution < 1.29 is 4.74 Å². The number of nitrogens with zero attached hydrogens (tertiary/aromatic N) is 3. The number of benzene rings is 1. The second kappa shape index (κ2) is 8.51. The Morgan fingerprint density at radius 1 is 1.32 bits per heavy atom. The third-order valence-corrected chi connectivity index (χ3v) is 4.51. The summed E-state index contributed by atoms with van der Waals surface area (Å²) in [6, 6.07) is 14.7. The van der Waals surface area contributed by atoms with Gasteiger partial charge in [-0.3, -0.25) is 4.99 Å². The molecule has 0 aliphatic carbocycles. The van der Waals surface area contributed by atoms with Crippen LogP contribution in [-0.4, -0.2) is 42.6 Å². The molecule has 1 aromatic carbocycles. The van der Waals surface area contributed by atoms with Crippen LogP contribution in [0.4, 0.5) is 0 Å². The van der Waals surface area contributed by atoms with Gasteiger partial charge in [0.2, 0.25) is 5.88 Å². The number of hydrogen-bond donors (Lipinski definition) is 1. The minimum Gasteiger partial charge on any atom is -0.478 e. The van der Waals surface area contributed by atoms with E-state index in [4.69, 9.17) is 4.74 Å². The molecule has 1 fully saturated rings. The Labute approximate surface area is 149 Å². The van der Waals surface area contributed by atoms with Crippen molar-refractivity contribution >= 4 is 5.96 Å². The number of rotatable bonds is 5. The van der Waals surface area contributed by atoms with Gasteiger partial charge in [-0.25, -0.2) is 4.98 Å². The molecule has 2 heterocycles. The number of hydrogen-bond acceptors (Lipinski definition) is 3. The van der Waals surface area contributed by atoms with Gasteiger partial charge in [0.1, 0.15) is 0 Å². The monoisotopic (exact) mass is 338 g/mol. The van der Waals surface area contributed by atoms with Gasteiger partial charge in [-0.05, 0) is 30.5 Å². The van der Waals surface area contributed by atoms with Crippen LogP contribution in [0.5, 0.6) is 5.88 Å². The third-order valence-electron chi connectivity index (χ3n) is 4.51. The van der Waals surface area contributed by atoms with E-state index in [-0.39, 0.29) is 0 Å². The molecule has 3 rings (SSSR count). The molecule has 1 saturated heterocycles. The molecule has 0 spiro atoms. The van der Waals surface area contributed by atoms with Gasteiger partial charge >= 0.3 is 0 Å². The largest absolute Gasteiger partial charge is 0.478 e. The van der Waals surface area contributed by atoms with Gasteiger partial charge < -0.3 is 15.0 Å². The predicted octanol–water partition coefficient (Wildman–Crippen LogP) is 3.05. The lowest BCUT2D eigenvalue weighted by atomic mass is 9.99. The zero-order valence-corrected chi connectivity index (χ0v) is 15.0. The minimum absolute atomic E-state index is 0.574. The maximum atomic E-state index is 5.46. The first kappa shape index (κ1) is 17.3. The summed E-state index contributed by atoms with van der Waals surface area (Å²) >= 11 is 0. The van der Waals surface area contributed by atoms with Crippen molar-refractivity contribution in [2.24, 2.45) is 4.99 Å². The molecule has 132 valence electrons. The molecule has 1 aliphatic heterocycles. The summed E-state index contributed by atoms with van der Waals surface area (Å²) in [6.45, 7) is 5.33. The Bertz CT molecular complexity index is 702. The normalized spacial score (nSPS) is 17.6. The van der Waals surface area contributed by atoms with Gasteiger partial charge in [-0.15, -0.1) is 0 Å². The molecule has 0 radical (unpaired) electrons. The molecular weight excluding hydrogens is 312 g/mol. The maximum Gasteiger partial charge on any atom is 0.213 e. The predicted molar refractivity (Wildman–Crippen MR) is 101 cm³/mol. The lowest BCUT2D eigenvalue weighted by Crippen LogP contribution is -2.39. The van der Waals surface area contributed by atoms with Gasteiger partial charge in [0, 0.05) is 44.9 Å². The van der Waals surface area contributed by atoms with E-state index >= 15 is 0 Å². The van der Waals surface area contributed by atoms with Gasteiger partial charge in [0.05, 0.1) is 6.61 Å². The molecule has 5 heteroatoms. The third kappa shape index (κ3) is 4.50. The highest BCUT2D eigenvalue weighted by Gasteiger charge is 2.25. The summed E-state index contributed by atoms with van der Waals surface area (Å²) in [5.74, 6) is 2.19. The van der Waals surface area contributed by atoms with Gasteiger partial charge in [0.25, 0.3) is 0 Å². The summed E-state index contributed by atoms with van der Waals surface area (Å²) in [5, 5.41) is 3.46. The van der Waals surface area contributed by atoms with Crippen LogP contribution in [0.15, 0.2) is 53.7 Å². The number of pyridine rings is 1. The SMILES string of the molecule is CCOc1cc(CNC(=NC)N2CCC(c3ccccc3)C2)ccn1. The maximum absolute atomic E-state index is 5.46. The molecule has 0 saturated carbocycles. The highest BCUT2D eigenvalue weighted by molar-refractivity contribution is 5.80. The molecule has 1 aromatic heterocycles. The summed E-state index contributed by atoms with van der Waals surface area (Å²) in [5.41, 5.74) is 2.55. The smallest absolute Gasteiger partial charge is 0.213 e. The molecular formula is C20H26N4O. The fraction of sp³-hybridized carbons (Fsp3) is 0.400. The summed E-state index contributed by atoms with van der Waals surface area (Å²) < 4.78 is 5.46. The molecule has 25 heavy (non-hydrogen) atoms. The number of nitrogens with one attached hydrogen (secondary N) is 1. The Morgan fingerprint density at radius 3 is 2.92 bits per heavy atom. The summed E-state index contributed by atoms with van der Waals surface area (Å²) in [4.78, 5) is 11.0. The number of ether oxygens (including phenoxy) is 1. The lowest BCUT2D eigenvalue weighted by Gasteiger charge is -2.22. The van der Waals surface area contributed by atoms with Crippen molar-refractivity contribution in [3.63, 3.8) is 0 Å². The topological polar surface area (TPSA) is 49.8 Å². The quantitative estimate of drug-likeness (QED) is 0.672. The molecule has 1 atom stereocenters. The van der Waals surface area contributed by atoms with Crippen molar-refractivity contribution in [3.8, 4) is 5.88 Å². The molecule has 0 bridgehead atoms. The average Bonchev–Trinajstić information content (AvgIpc) is 3.14. The van der Waals surface area contributed by atoms with Crippen LogP contribution in [0.3, 0.4) is 0 Å². The van der Waals surface area contributed by atoms with E-state index in [1.807, 2.05) is 26.1 Å². The Balaban J connectivity index is 1.57. The zero-order valence-electron chi connectivity index (χ0n) is 15.0. The van der Waals surface area contributed by atoms with Crippen LogP contribution >= 0.6 is 0 Å². The van der Waals surface area contributed by atoms with E-state index in [9.17, 15) is 0 Å². The fourth-order valence-corrected chi connectivity index (χ4v) is 3.25. The van der Waals surface area contributed by atoms with Crippen LogP contribution < -0.4 is 10.1 Å². The van der Waals surface area contributed by atoms with Crippen LogP contribution in [0.25, 0.3) is 0 Å². The first-order valence-electron chi connectivity index (χ1n) is 8.88. The molecule has 0 amide bonds. The first-order valence-corrected chi connectivity index (χ1v) is 8.88. The Morgan fingerprint density at radius 2 is 2.16 bits per heavy atom. The minimum atomic E-state index is 0.574. The number of likely N-dealkylation sites (tertiary alicyclic amines) is 1. The van der Waals surface area contributed by atoms with Crippen LogP contribution in [0.2, 0.25) is 0 Å². The molecule has 2 aromatic rings. The van der Waals surface area contributed by atoms with Crippen LogP contribution in [0.1, 0.15) is 30.4 Å². The van der Waals surface area contributed by atoms with Gasteiger partial charge in [0.15, 0.2) is 5.96 Å². The Hall–Kier alpha value is -2.56. The van der Waals surface area contributed by atoms with E-state index in [0.717, 1.165) is 31.0 Å². The molecule has 1 N–H and O–H groups in total. The highest BCUT2D eigenvalue weighted by atomic mass is 16.5. The van der Waals surface area contributed by atoms with E-state index in [1.54, 1.807) is 6.20 Å². The standard InChI is InChI=1S/C20H26N4O/c1-3-25-19-13-16(9-11-22-19)14-23-20(21-2)24-12-10-18(15-24)17-7-5-4-6-8-17/h4-9,11,13,18H,3,10,12,14-15H2,1-2H3,(H,21,23). The highest BCUT2D eigenvalue weighted by Crippen LogP contribution is 2.26. The van der Waals surface area contributed by atoms with Crippen molar-refractivity contribution in [3.05, 3.63) is 59.8 Å². The van der Waals surface area contributed by atoms with Crippen LogP contribution in [0, 0.1) is 0 Å². The van der Waals surface area contributed by atoms with E-state index in [1.165, 1.54) is 5.56 Å². The van der Waals surface area contributed by atoms with Crippen molar-refractivity contribution in [2.75, 3.05) is 26.7 Å². The van der Waals surface area contributed by atoms with Crippen molar-refractivity contribution in [1.29, 1.82) is 0 Å². The fourth-order valence-electron chi connectivity index (χ4n) is 3.25. The Kier molecular flexibility index (Phi) is 5.88. The summed E-state index contributed by atoms with van der Waals surface area (Å²) in [6.07, 6.45) is 2.94. The van der Waals surface area contributed by atoms with Gasteiger partial charge in [-0.1, -0.05) is 30.3 Å². The van der Waals surface area contributed by atoms with Crippen molar-refractivity contribution in [1.82, 2.24) is 15.2 Å². The molecule has 1 aliphatic rings. The average molecular weight is 338 g/mol. The lowest BCUT2D eigenvalue weighted by molar-refractivity contribution is 0.326. The zero-order chi connectivity index (χ0) is 17.5. The van der Waals surface area contributed by atoms with Gasteiger partial charge in [-0.2, -0.15) is 0 Å². The second-order valence-corrected chi connectivity index (χ2v) is 6.18. The number of aliphatic imine (C=N–C) groups is 1.